The van der Waals surface area contributed by atoms with Crippen LogP contribution in [0.15, 0.2) is 78.9 Å². The third kappa shape index (κ3) is 4.79. The van der Waals surface area contributed by atoms with Gasteiger partial charge in [-0.3, -0.25) is 9.69 Å². The van der Waals surface area contributed by atoms with E-state index in [1.165, 1.54) is 41.6 Å². The van der Waals surface area contributed by atoms with Gasteiger partial charge in [-0.05, 0) is 67.5 Å². The van der Waals surface area contributed by atoms with Crippen LogP contribution in [-0.2, 0) is 6.42 Å². The normalized spacial score (nSPS) is 18.9. The van der Waals surface area contributed by atoms with Gasteiger partial charge in [-0.15, -0.1) is 0 Å². The van der Waals surface area contributed by atoms with Crippen molar-refractivity contribution >= 4 is 11.6 Å². The predicted octanol–water partition coefficient (Wildman–Crippen LogP) is 5.58. The van der Waals surface area contributed by atoms with E-state index in [9.17, 15) is 4.79 Å². The van der Waals surface area contributed by atoms with Crippen molar-refractivity contribution in [1.82, 2.24) is 9.80 Å². The van der Waals surface area contributed by atoms with Gasteiger partial charge in [-0.2, -0.15) is 0 Å². The third-order valence-electron chi connectivity index (χ3n) is 8.60. The lowest BCUT2D eigenvalue weighted by atomic mass is 9.88. The number of hydrogen-bond acceptors (Lipinski definition) is 3. The molecule has 1 aliphatic carbocycles. The zero-order chi connectivity index (χ0) is 24.3. The molecular formula is C32H37N3O. The van der Waals surface area contributed by atoms with Crippen LogP contribution < -0.4 is 4.90 Å². The Kier molecular flexibility index (Phi) is 6.78. The average molecular weight is 480 g/mol. The molecule has 0 spiro atoms. The summed E-state index contributed by atoms with van der Waals surface area (Å²) in [5.41, 5.74) is 6.19. The second-order valence-electron chi connectivity index (χ2n) is 10.7. The molecule has 3 aromatic carbocycles. The minimum Gasteiger partial charge on any atom is -0.369 e. The van der Waals surface area contributed by atoms with E-state index < -0.39 is 0 Å². The molecule has 0 aromatic heterocycles. The molecule has 2 fully saturated rings. The molecule has 3 aromatic rings. The van der Waals surface area contributed by atoms with Crippen molar-refractivity contribution in [2.45, 2.75) is 44.1 Å². The van der Waals surface area contributed by atoms with Gasteiger partial charge in [0.05, 0.1) is 0 Å². The first-order chi connectivity index (χ1) is 17.8. The fourth-order valence-electron chi connectivity index (χ4n) is 6.16. The number of piperazine rings is 1. The Morgan fingerprint density at radius 3 is 2.06 bits per heavy atom. The smallest absolute Gasteiger partial charge is 0.254 e. The average Bonchev–Trinajstić information content (AvgIpc) is 2.91. The number of carbonyl (C=O) groups is 1. The van der Waals surface area contributed by atoms with E-state index in [4.69, 9.17) is 0 Å². The molecule has 1 saturated carbocycles. The molecule has 0 N–H and O–H groups in total. The van der Waals surface area contributed by atoms with Crippen molar-refractivity contribution < 1.29 is 4.79 Å². The summed E-state index contributed by atoms with van der Waals surface area (Å²) in [4.78, 5) is 20.4. The van der Waals surface area contributed by atoms with Crippen molar-refractivity contribution in [1.29, 1.82) is 0 Å². The minimum absolute atomic E-state index is 0.259. The number of benzene rings is 3. The number of fused-ring (bicyclic) bond motifs is 1. The summed E-state index contributed by atoms with van der Waals surface area (Å²) >= 11 is 0. The molecular weight excluding hydrogens is 442 g/mol. The molecule has 0 unspecified atom stereocenters. The summed E-state index contributed by atoms with van der Waals surface area (Å²) < 4.78 is 0. The van der Waals surface area contributed by atoms with E-state index in [2.05, 4.69) is 93.6 Å². The maximum atomic E-state index is 13.2. The van der Waals surface area contributed by atoms with Gasteiger partial charge in [0.15, 0.2) is 0 Å². The molecule has 0 radical (unpaired) electrons. The van der Waals surface area contributed by atoms with Gasteiger partial charge < -0.3 is 9.80 Å². The van der Waals surface area contributed by atoms with Crippen molar-refractivity contribution in [3.05, 3.63) is 101 Å². The number of anilines is 1. The zero-order valence-electron chi connectivity index (χ0n) is 21.2. The summed E-state index contributed by atoms with van der Waals surface area (Å²) in [6.45, 7) is 6.15. The Hall–Kier alpha value is -3.11. The summed E-state index contributed by atoms with van der Waals surface area (Å²) in [7, 11) is 0. The summed E-state index contributed by atoms with van der Waals surface area (Å²) in [6, 6.07) is 29.0. The molecule has 1 amide bonds. The van der Waals surface area contributed by atoms with E-state index in [1.54, 1.807) is 0 Å². The number of rotatable bonds is 7. The molecule has 2 aliphatic heterocycles. The van der Waals surface area contributed by atoms with Crippen LogP contribution in [0.5, 0.6) is 0 Å². The third-order valence-corrected chi connectivity index (χ3v) is 8.60. The van der Waals surface area contributed by atoms with Crippen LogP contribution in [0.3, 0.4) is 0 Å². The maximum Gasteiger partial charge on any atom is 0.254 e. The quantitative estimate of drug-likeness (QED) is 0.443. The van der Waals surface area contributed by atoms with Gasteiger partial charge in [-0.1, -0.05) is 66.7 Å². The molecule has 4 heteroatoms. The van der Waals surface area contributed by atoms with Crippen molar-refractivity contribution in [2.75, 3.05) is 44.2 Å². The van der Waals surface area contributed by atoms with Crippen LogP contribution in [0.2, 0.25) is 0 Å². The van der Waals surface area contributed by atoms with Gasteiger partial charge in [0.25, 0.3) is 5.91 Å². The lowest BCUT2D eigenvalue weighted by Crippen LogP contribution is -2.48. The first kappa shape index (κ1) is 23.3. The highest BCUT2D eigenvalue weighted by Gasteiger charge is 2.33. The van der Waals surface area contributed by atoms with Crippen LogP contribution >= 0.6 is 0 Å². The van der Waals surface area contributed by atoms with E-state index in [1.807, 2.05) is 0 Å². The van der Waals surface area contributed by atoms with Crippen LogP contribution in [0.4, 0.5) is 5.69 Å². The highest BCUT2D eigenvalue weighted by atomic mass is 16.2. The lowest BCUT2D eigenvalue weighted by Gasteiger charge is -2.41. The molecule has 6 rings (SSSR count). The van der Waals surface area contributed by atoms with Gasteiger partial charge >= 0.3 is 0 Å². The Morgan fingerprint density at radius 1 is 0.778 bits per heavy atom. The molecule has 0 bridgehead atoms. The zero-order valence-corrected chi connectivity index (χ0v) is 21.2. The predicted molar refractivity (Wildman–Crippen MR) is 147 cm³/mol. The fourth-order valence-corrected chi connectivity index (χ4v) is 6.16. The monoisotopic (exact) mass is 479 g/mol. The number of hydrogen-bond donors (Lipinski definition) is 0. The maximum absolute atomic E-state index is 13.2. The van der Waals surface area contributed by atoms with E-state index >= 15 is 0 Å². The van der Waals surface area contributed by atoms with Gasteiger partial charge in [-0.25, -0.2) is 0 Å². The first-order valence-electron chi connectivity index (χ1n) is 13.8. The summed E-state index contributed by atoms with van der Waals surface area (Å²) in [5.74, 6) is 0.685. The molecule has 2 heterocycles. The lowest BCUT2D eigenvalue weighted by molar-refractivity contribution is 0.0560. The summed E-state index contributed by atoms with van der Waals surface area (Å²) in [5, 5.41) is 0. The van der Waals surface area contributed by atoms with Crippen molar-refractivity contribution in [3.8, 4) is 0 Å². The molecule has 3 aliphatic rings. The highest BCUT2D eigenvalue weighted by Crippen LogP contribution is 2.32. The van der Waals surface area contributed by atoms with E-state index in [0.717, 1.165) is 57.7 Å². The molecule has 4 nitrogen and oxygen atoms in total. The molecule has 1 saturated heterocycles. The second-order valence-corrected chi connectivity index (χ2v) is 10.7. The van der Waals surface area contributed by atoms with Crippen molar-refractivity contribution in [2.24, 2.45) is 0 Å². The van der Waals surface area contributed by atoms with Gasteiger partial charge in [0.1, 0.15) is 0 Å². The van der Waals surface area contributed by atoms with Crippen LogP contribution in [-0.4, -0.2) is 61.0 Å². The molecule has 186 valence electrons. The number of nitrogens with zero attached hydrogens (tertiary/aromatic N) is 3. The molecule has 0 atom stereocenters. The number of carbonyl (C=O) groups excluding carboxylic acids is 1. The topological polar surface area (TPSA) is 26.8 Å². The summed E-state index contributed by atoms with van der Waals surface area (Å²) in [6.07, 6.45) is 5.74. The van der Waals surface area contributed by atoms with E-state index in [-0.39, 0.29) is 5.91 Å². The van der Waals surface area contributed by atoms with Crippen LogP contribution in [0, 0.1) is 0 Å². The van der Waals surface area contributed by atoms with Crippen LogP contribution in [0.25, 0.3) is 0 Å². The highest BCUT2D eigenvalue weighted by molar-refractivity contribution is 5.98. The molecule has 36 heavy (non-hydrogen) atoms. The Labute approximate surface area is 215 Å². The Bertz CT molecular complexity index is 1130. The number of amides is 1. The van der Waals surface area contributed by atoms with E-state index in [0.29, 0.717) is 12.0 Å². The Morgan fingerprint density at radius 2 is 1.44 bits per heavy atom. The van der Waals surface area contributed by atoms with Gasteiger partial charge in [0.2, 0.25) is 0 Å². The minimum atomic E-state index is 0.259. The SMILES string of the molecule is O=C1c2cc(N3CCN(CCC(c4ccccc4)c4ccccc4)CC3)ccc2CCN1C1CCC1. The van der Waals surface area contributed by atoms with Gasteiger partial charge in [0, 0.05) is 55.9 Å². The fraction of sp³-hybridized carbons (Fsp3) is 0.406. The second kappa shape index (κ2) is 10.5. The first-order valence-corrected chi connectivity index (χ1v) is 13.8. The van der Waals surface area contributed by atoms with Crippen molar-refractivity contribution in [3.63, 3.8) is 0 Å². The van der Waals surface area contributed by atoms with Crippen LogP contribution in [0.1, 0.15) is 58.6 Å². The standard InChI is InChI=1S/C32H37N3O/c36-32-31-24-29(15-14-27(31)16-19-35(32)28-12-7-13-28)34-22-20-33(21-23-34)18-17-30(25-8-3-1-4-9-25)26-10-5-2-6-11-26/h1-6,8-11,14-15,24,28,30H,7,12-13,16-23H2. The Balaban J connectivity index is 1.08. The largest absolute Gasteiger partial charge is 0.369 e.